The van der Waals surface area contributed by atoms with E-state index in [9.17, 15) is 19.2 Å². The van der Waals surface area contributed by atoms with Crippen LogP contribution >= 0.6 is 0 Å². The van der Waals surface area contributed by atoms with Gasteiger partial charge < -0.3 is 15.8 Å². The predicted molar refractivity (Wildman–Crippen MR) is 96.1 cm³/mol. The van der Waals surface area contributed by atoms with Gasteiger partial charge in [-0.2, -0.15) is 0 Å². The van der Waals surface area contributed by atoms with Gasteiger partial charge in [0.1, 0.15) is 6.04 Å². The Morgan fingerprint density at radius 1 is 1.19 bits per heavy atom. The van der Waals surface area contributed by atoms with Gasteiger partial charge in [-0.15, -0.1) is 0 Å². The third kappa shape index (κ3) is 3.83. The Kier molecular flexibility index (Phi) is 5.82. The van der Waals surface area contributed by atoms with Crippen LogP contribution in [0.1, 0.15) is 40.0 Å². The molecular weight excluding hydrogens is 352 g/mol. The number of nitrogens with zero attached hydrogens (tertiary/aromatic N) is 1. The molecule has 1 aromatic rings. The molecule has 9 heteroatoms. The number of hydrogen-bond donors (Lipinski definition) is 3. The van der Waals surface area contributed by atoms with Crippen molar-refractivity contribution in [3.8, 4) is 0 Å². The van der Waals surface area contributed by atoms with E-state index in [0.29, 0.717) is 32.0 Å². The van der Waals surface area contributed by atoms with Crippen molar-refractivity contribution in [1.29, 1.82) is 0 Å². The summed E-state index contributed by atoms with van der Waals surface area (Å²) in [4.78, 5) is 50.0. The van der Waals surface area contributed by atoms with E-state index in [2.05, 4.69) is 10.6 Å². The third-order valence-corrected chi connectivity index (χ3v) is 4.52. The average molecular weight is 374 g/mol. The van der Waals surface area contributed by atoms with Crippen molar-refractivity contribution in [3.63, 3.8) is 0 Å². The first kappa shape index (κ1) is 19.0. The van der Waals surface area contributed by atoms with Crippen LogP contribution in [0.15, 0.2) is 18.2 Å². The van der Waals surface area contributed by atoms with E-state index < -0.39 is 29.7 Å². The smallest absolute Gasteiger partial charge is 0.264 e. The minimum absolute atomic E-state index is 0.0923. The van der Waals surface area contributed by atoms with E-state index in [-0.39, 0.29) is 24.0 Å². The van der Waals surface area contributed by atoms with Crippen molar-refractivity contribution in [3.05, 3.63) is 29.3 Å². The second-order valence-electron chi connectivity index (χ2n) is 6.36. The molecule has 0 bridgehead atoms. The van der Waals surface area contributed by atoms with Crippen LogP contribution in [0.3, 0.4) is 0 Å². The molecule has 9 nitrogen and oxygen atoms in total. The van der Waals surface area contributed by atoms with Crippen LogP contribution in [-0.2, 0) is 14.3 Å². The summed E-state index contributed by atoms with van der Waals surface area (Å²) in [7, 11) is 0. The summed E-state index contributed by atoms with van der Waals surface area (Å²) < 4.78 is 5.41. The molecule has 4 amide bonds. The minimum Gasteiger partial charge on any atom is -0.382 e. The second kappa shape index (κ2) is 8.28. The van der Waals surface area contributed by atoms with Gasteiger partial charge in [-0.1, -0.05) is 6.07 Å². The minimum atomic E-state index is -0.970. The Hall–Kier alpha value is -2.78. The van der Waals surface area contributed by atoms with Crippen LogP contribution < -0.4 is 16.4 Å². The molecule has 2 aliphatic rings. The Labute approximate surface area is 156 Å². The molecule has 144 valence electrons. The highest BCUT2D eigenvalue weighted by Gasteiger charge is 2.45. The first-order valence-corrected chi connectivity index (χ1v) is 8.91. The number of amides is 4. The van der Waals surface area contributed by atoms with Gasteiger partial charge in [-0.3, -0.25) is 29.4 Å². The Morgan fingerprint density at radius 2 is 2.00 bits per heavy atom. The SMILES string of the molecule is NCCCOCCNc1cccc2c1C(=O)N(C1CCC(=O)NC1=O)C2=O. The number of anilines is 1. The summed E-state index contributed by atoms with van der Waals surface area (Å²) in [6, 6.07) is 3.97. The summed E-state index contributed by atoms with van der Waals surface area (Å²) in [5.41, 5.74) is 6.41. The van der Waals surface area contributed by atoms with E-state index in [0.717, 1.165) is 11.3 Å². The number of imide groups is 2. The molecule has 0 saturated carbocycles. The molecule has 0 aromatic heterocycles. The van der Waals surface area contributed by atoms with Crippen molar-refractivity contribution in [2.45, 2.75) is 25.3 Å². The van der Waals surface area contributed by atoms with Crippen molar-refractivity contribution >= 4 is 29.3 Å². The summed E-state index contributed by atoms with van der Waals surface area (Å²) in [5, 5.41) is 5.29. The summed E-state index contributed by atoms with van der Waals surface area (Å²) in [5.74, 6) is -2.07. The zero-order chi connectivity index (χ0) is 19.4. The van der Waals surface area contributed by atoms with Crippen molar-refractivity contribution in [2.75, 3.05) is 31.6 Å². The number of carbonyl (C=O) groups excluding carboxylic acids is 4. The van der Waals surface area contributed by atoms with Crippen LogP contribution in [0.25, 0.3) is 0 Å². The van der Waals surface area contributed by atoms with Crippen molar-refractivity contribution in [1.82, 2.24) is 10.2 Å². The number of fused-ring (bicyclic) bond motifs is 1. The quantitative estimate of drug-likeness (QED) is 0.426. The van der Waals surface area contributed by atoms with Gasteiger partial charge in [0.15, 0.2) is 0 Å². The van der Waals surface area contributed by atoms with Crippen LogP contribution in [0.5, 0.6) is 0 Å². The van der Waals surface area contributed by atoms with E-state index in [1.165, 1.54) is 0 Å². The maximum absolute atomic E-state index is 12.9. The van der Waals surface area contributed by atoms with Crippen LogP contribution in [-0.4, -0.2) is 60.9 Å². The molecule has 2 heterocycles. The molecule has 0 spiro atoms. The first-order valence-electron chi connectivity index (χ1n) is 8.91. The van der Waals surface area contributed by atoms with Crippen LogP contribution in [0.2, 0.25) is 0 Å². The van der Waals surface area contributed by atoms with Crippen molar-refractivity contribution in [2.24, 2.45) is 5.73 Å². The molecule has 0 aliphatic carbocycles. The Bertz CT molecular complexity index is 779. The standard InChI is InChI=1S/C18H22N4O5/c19-7-2-9-27-10-8-20-12-4-1-3-11-15(12)18(26)22(17(11)25)13-5-6-14(23)21-16(13)24/h1,3-4,13,20H,2,5-10,19H2,(H,21,23,24). The topological polar surface area (TPSA) is 131 Å². The van der Waals surface area contributed by atoms with E-state index >= 15 is 0 Å². The highest BCUT2D eigenvalue weighted by Crippen LogP contribution is 2.32. The Morgan fingerprint density at radius 3 is 2.74 bits per heavy atom. The van der Waals surface area contributed by atoms with Gasteiger partial charge in [0.25, 0.3) is 11.8 Å². The fourth-order valence-electron chi connectivity index (χ4n) is 3.21. The predicted octanol–water partition coefficient (Wildman–Crippen LogP) is -0.135. The molecule has 1 unspecified atom stereocenters. The Balaban J connectivity index is 1.72. The summed E-state index contributed by atoms with van der Waals surface area (Å²) in [6.07, 6.45) is 0.998. The molecule has 1 fully saturated rings. The van der Waals surface area contributed by atoms with Crippen LogP contribution in [0.4, 0.5) is 5.69 Å². The highest BCUT2D eigenvalue weighted by atomic mass is 16.5. The lowest BCUT2D eigenvalue weighted by molar-refractivity contribution is -0.136. The van der Waals surface area contributed by atoms with Gasteiger partial charge in [0.05, 0.1) is 17.7 Å². The number of carbonyl (C=O) groups is 4. The summed E-state index contributed by atoms with van der Waals surface area (Å²) >= 11 is 0. The largest absolute Gasteiger partial charge is 0.382 e. The monoisotopic (exact) mass is 374 g/mol. The first-order chi connectivity index (χ1) is 13.0. The second-order valence-corrected chi connectivity index (χ2v) is 6.36. The highest BCUT2D eigenvalue weighted by molar-refractivity contribution is 6.25. The molecular formula is C18H22N4O5. The lowest BCUT2D eigenvalue weighted by atomic mass is 10.0. The summed E-state index contributed by atoms with van der Waals surface area (Å²) in [6.45, 7) is 2.02. The van der Waals surface area contributed by atoms with Gasteiger partial charge in [0, 0.05) is 25.3 Å². The lowest BCUT2D eigenvalue weighted by Gasteiger charge is -2.27. The molecule has 3 rings (SSSR count). The number of ether oxygens (including phenoxy) is 1. The van der Waals surface area contributed by atoms with Crippen LogP contribution in [0, 0.1) is 0 Å². The van der Waals surface area contributed by atoms with E-state index in [1.54, 1.807) is 18.2 Å². The fraction of sp³-hybridized carbons (Fsp3) is 0.444. The number of nitrogens with one attached hydrogen (secondary N) is 2. The van der Waals surface area contributed by atoms with Gasteiger partial charge in [-0.05, 0) is 31.5 Å². The number of benzene rings is 1. The average Bonchev–Trinajstić information content (AvgIpc) is 2.90. The molecule has 0 radical (unpaired) electrons. The molecule has 2 aliphatic heterocycles. The molecule has 1 aromatic carbocycles. The van der Waals surface area contributed by atoms with E-state index in [1.807, 2.05) is 0 Å². The van der Waals surface area contributed by atoms with Gasteiger partial charge >= 0.3 is 0 Å². The molecule has 4 N–H and O–H groups in total. The maximum Gasteiger partial charge on any atom is 0.264 e. The van der Waals surface area contributed by atoms with Crippen molar-refractivity contribution < 1.29 is 23.9 Å². The fourth-order valence-corrected chi connectivity index (χ4v) is 3.21. The van der Waals surface area contributed by atoms with E-state index in [4.69, 9.17) is 10.5 Å². The van der Waals surface area contributed by atoms with Gasteiger partial charge in [0.2, 0.25) is 11.8 Å². The zero-order valence-electron chi connectivity index (χ0n) is 14.8. The number of piperidine rings is 1. The van der Waals surface area contributed by atoms with Gasteiger partial charge in [-0.25, -0.2) is 0 Å². The maximum atomic E-state index is 12.9. The molecule has 1 atom stereocenters. The lowest BCUT2D eigenvalue weighted by Crippen LogP contribution is -2.54. The number of nitrogens with two attached hydrogens (primary N) is 1. The molecule has 1 saturated heterocycles. The number of rotatable bonds is 8. The number of hydrogen-bond acceptors (Lipinski definition) is 7. The zero-order valence-corrected chi connectivity index (χ0v) is 14.8. The normalized spacial score (nSPS) is 19.3. The molecule has 27 heavy (non-hydrogen) atoms. The third-order valence-electron chi connectivity index (χ3n) is 4.52.